The first-order chi connectivity index (χ1) is 9.95. The SMILES string of the molecule is CC(C)(C)N1CCN(C(=O)c2ccc3nc[nH]c3c2)CC1. The maximum atomic E-state index is 12.6. The summed E-state index contributed by atoms with van der Waals surface area (Å²) in [7, 11) is 0. The molecule has 3 rings (SSSR count). The number of rotatable bonds is 1. The number of amides is 1. The molecule has 0 radical (unpaired) electrons. The fourth-order valence-corrected chi connectivity index (χ4v) is 2.83. The zero-order valence-electron chi connectivity index (χ0n) is 12.9. The van der Waals surface area contributed by atoms with Crippen molar-refractivity contribution in [2.75, 3.05) is 26.2 Å². The second-order valence-corrected chi connectivity index (χ2v) is 6.58. The maximum Gasteiger partial charge on any atom is 0.254 e. The third-order valence-electron chi connectivity index (χ3n) is 4.18. The molecule has 2 heterocycles. The molecule has 0 unspecified atom stereocenters. The van der Waals surface area contributed by atoms with Crippen LogP contribution in [0.1, 0.15) is 31.1 Å². The van der Waals surface area contributed by atoms with Crippen molar-refractivity contribution >= 4 is 16.9 Å². The number of aromatic nitrogens is 2. The molecule has 112 valence electrons. The van der Waals surface area contributed by atoms with E-state index in [0.717, 1.165) is 42.8 Å². The number of hydrogen-bond acceptors (Lipinski definition) is 3. The number of H-pyrrole nitrogens is 1. The van der Waals surface area contributed by atoms with Gasteiger partial charge in [0.1, 0.15) is 0 Å². The van der Waals surface area contributed by atoms with Crippen LogP contribution in [0.2, 0.25) is 0 Å². The van der Waals surface area contributed by atoms with E-state index in [4.69, 9.17) is 0 Å². The Labute approximate surface area is 125 Å². The van der Waals surface area contributed by atoms with Gasteiger partial charge in [-0.3, -0.25) is 9.69 Å². The number of hydrogen-bond donors (Lipinski definition) is 1. The highest BCUT2D eigenvalue weighted by Crippen LogP contribution is 2.18. The van der Waals surface area contributed by atoms with E-state index >= 15 is 0 Å². The molecule has 1 aliphatic heterocycles. The Bertz CT molecular complexity index is 648. The number of piperazine rings is 1. The molecule has 1 aromatic carbocycles. The van der Waals surface area contributed by atoms with Gasteiger partial charge in [-0.2, -0.15) is 0 Å². The third-order valence-corrected chi connectivity index (χ3v) is 4.18. The van der Waals surface area contributed by atoms with E-state index in [-0.39, 0.29) is 11.4 Å². The van der Waals surface area contributed by atoms with Crippen molar-refractivity contribution in [2.45, 2.75) is 26.3 Å². The number of carbonyl (C=O) groups excluding carboxylic acids is 1. The zero-order chi connectivity index (χ0) is 15.0. The monoisotopic (exact) mass is 286 g/mol. The molecule has 2 aromatic rings. The molecule has 1 aliphatic rings. The predicted molar refractivity (Wildman–Crippen MR) is 83.3 cm³/mol. The quantitative estimate of drug-likeness (QED) is 0.873. The number of benzene rings is 1. The van der Waals surface area contributed by atoms with Crippen LogP contribution >= 0.6 is 0 Å². The van der Waals surface area contributed by atoms with Gasteiger partial charge in [0, 0.05) is 37.3 Å². The molecule has 5 heteroatoms. The number of imidazole rings is 1. The van der Waals surface area contributed by atoms with E-state index in [1.807, 2.05) is 23.1 Å². The number of nitrogens with zero attached hydrogens (tertiary/aromatic N) is 3. The minimum Gasteiger partial charge on any atom is -0.345 e. The van der Waals surface area contributed by atoms with Crippen LogP contribution in [0.3, 0.4) is 0 Å². The highest BCUT2D eigenvalue weighted by Gasteiger charge is 2.28. The Kier molecular flexibility index (Phi) is 3.45. The summed E-state index contributed by atoms with van der Waals surface area (Å²) >= 11 is 0. The number of aromatic amines is 1. The average Bonchev–Trinajstić information content (AvgIpc) is 2.93. The van der Waals surface area contributed by atoms with Crippen LogP contribution in [0.4, 0.5) is 0 Å². The Morgan fingerprint density at radius 1 is 1.19 bits per heavy atom. The molecular weight excluding hydrogens is 264 g/mol. The molecule has 1 amide bonds. The summed E-state index contributed by atoms with van der Waals surface area (Å²) in [6.07, 6.45) is 1.65. The van der Waals surface area contributed by atoms with Crippen LogP contribution in [0, 0.1) is 0 Å². The first-order valence-corrected chi connectivity index (χ1v) is 7.42. The molecule has 0 aliphatic carbocycles. The summed E-state index contributed by atoms with van der Waals surface area (Å²) in [5.41, 5.74) is 2.71. The van der Waals surface area contributed by atoms with Gasteiger partial charge in [0.15, 0.2) is 0 Å². The van der Waals surface area contributed by atoms with Crippen molar-refractivity contribution in [2.24, 2.45) is 0 Å². The highest BCUT2D eigenvalue weighted by molar-refractivity contribution is 5.97. The fourth-order valence-electron chi connectivity index (χ4n) is 2.83. The zero-order valence-corrected chi connectivity index (χ0v) is 12.9. The molecule has 1 aromatic heterocycles. The Morgan fingerprint density at radius 3 is 2.57 bits per heavy atom. The highest BCUT2D eigenvalue weighted by atomic mass is 16.2. The Hall–Kier alpha value is -1.88. The lowest BCUT2D eigenvalue weighted by atomic mass is 10.0. The smallest absolute Gasteiger partial charge is 0.254 e. The van der Waals surface area contributed by atoms with Crippen molar-refractivity contribution in [1.29, 1.82) is 0 Å². The molecule has 1 fully saturated rings. The summed E-state index contributed by atoms with van der Waals surface area (Å²) in [5.74, 6) is 0.111. The van der Waals surface area contributed by atoms with Crippen LogP contribution in [-0.2, 0) is 0 Å². The van der Waals surface area contributed by atoms with Gasteiger partial charge in [-0.1, -0.05) is 0 Å². The third kappa shape index (κ3) is 2.78. The second kappa shape index (κ2) is 5.15. The van der Waals surface area contributed by atoms with E-state index < -0.39 is 0 Å². The van der Waals surface area contributed by atoms with Gasteiger partial charge in [0.05, 0.1) is 17.4 Å². The van der Waals surface area contributed by atoms with Gasteiger partial charge in [0.25, 0.3) is 5.91 Å². The molecule has 0 atom stereocenters. The lowest BCUT2D eigenvalue weighted by Crippen LogP contribution is -2.54. The lowest BCUT2D eigenvalue weighted by Gasteiger charge is -2.42. The van der Waals surface area contributed by atoms with Crippen LogP contribution in [0.15, 0.2) is 24.5 Å². The minimum absolute atomic E-state index is 0.111. The van der Waals surface area contributed by atoms with Crippen LogP contribution in [0.25, 0.3) is 11.0 Å². The van der Waals surface area contributed by atoms with Gasteiger partial charge in [-0.05, 0) is 39.0 Å². The van der Waals surface area contributed by atoms with Crippen LogP contribution in [-0.4, -0.2) is 57.4 Å². The van der Waals surface area contributed by atoms with E-state index in [9.17, 15) is 4.79 Å². The minimum atomic E-state index is 0.111. The van der Waals surface area contributed by atoms with E-state index in [0.29, 0.717) is 0 Å². The standard InChI is InChI=1S/C16H22N4O/c1-16(2,3)20-8-6-19(7-9-20)15(21)12-4-5-13-14(10-12)18-11-17-13/h4-5,10-11H,6-9H2,1-3H3,(H,17,18). The maximum absolute atomic E-state index is 12.6. The molecule has 1 saturated heterocycles. The number of fused-ring (bicyclic) bond motifs is 1. The van der Waals surface area contributed by atoms with Gasteiger partial charge in [-0.15, -0.1) is 0 Å². The van der Waals surface area contributed by atoms with E-state index in [1.54, 1.807) is 6.33 Å². The van der Waals surface area contributed by atoms with Crippen LogP contribution in [0.5, 0.6) is 0 Å². The van der Waals surface area contributed by atoms with Gasteiger partial charge >= 0.3 is 0 Å². The summed E-state index contributed by atoms with van der Waals surface area (Å²) in [4.78, 5) is 24.2. The Morgan fingerprint density at radius 2 is 1.90 bits per heavy atom. The first-order valence-electron chi connectivity index (χ1n) is 7.42. The molecule has 0 bridgehead atoms. The average molecular weight is 286 g/mol. The Balaban J connectivity index is 1.71. The number of nitrogens with one attached hydrogen (secondary N) is 1. The normalized spacial score (nSPS) is 17.4. The molecular formula is C16H22N4O. The van der Waals surface area contributed by atoms with Crippen LogP contribution < -0.4 is 0 Å². The predicted octanol–water partition coefficient (Wildman–Crippen LogP) is 2.12. The van der Waals surface area contributed by atoms with Gasteiger partial charge in [-0.25, -0.2) is 4.98 Å². The molecule has 0 spiro atoms. The summed E-state index contributed by atoms with van der Waals surface area (Å²) in [5, 5.41) is 0. The van der Waals surface area contributed by atoms with Gasteiger partial charge < -0.3 is 9.88 Å². The van der Waals surface area contributed by atoms with E-state index in [1.165, 1.54) is 0 Å². The number of carbonyl (C=O) groups is 1. The van der Waals surface area contributed by atoms with Crippen molar-refractivity contribution in [3.8, 4) is 0 Å². The summed E-state index contributed by atoms with van der Waals surface area (Å²) < 4.78 is 0. The van der Waals surface area contributed by atoms with Crippen molar-refractivity contribution in [1.82, 2.24) is 19.8 Å². The fraction of sp³-hybridized carbons (Fsp3) is 0.500. The molecule has 0 saturated carbocycles. The summed E-state index contributed by atoms with van der Waals surface area (Å²) in [6, 6.07) is 5.65. The lowest BCUT2D eigenvalue weighted by molar-refractivity contribution is 0.0451. The van der Waals surface area contributed by atoms with Crippen molar-refractivity contribution < 1.29 is 4.79 Å². The topological polar surface area (TPSA) is 52.2 Å². The van der Waals surface area contributed by atoms with E-state index in [2.05, 4.69) is 35.6 Å². The largest absolute Gasteiger partial charge is 0.345 e. The molecule has 21 heavy (non-hydrogen) atoms. The second-order valence-electron chi connectivity index (χ2n) is 6.58. The first kappa shape index (κ1) is 14.1. The van der Waals surface area contributed by atoms with Crippen molar-refractivity contribution in [3.63, 3.8) is 0 Å². The molecule has 5 nitrogen and oxygen atoms in total. The van der Waals surface area contributed by atoms with Gasteiger partial charge in [0.2, 0.25) is 0 Å². The summed E-state index contributed by atoms with van der Waals surface area (Å²) in [6.45, 7) is 10.1. The molecule has 1 N–H and O–H groups in total. The van der Waals surface area contributed by atoms with Crippen molar-refractivity contribution in [3.05, 3.63) is 30.1 Å².